The van der Waals surface area contributed by atoms with Crippen molar-refractivity contribution in [3.05, 3.63) is 111 Å². The minimum absolute atomic E-state index is 0.365. The van der Waals surface area contributed by atoms with Gasteiger partial charge in [0.1, 0.15) is 18.4 Å². The molecule has 168 valence electrons. The van der Waals surface area contributed by atoms with Crippen LogP contribution in [0, 0.1) is 18.3 Å². The number of aryl methyl sites for hydroxylation is 1. The van der Waals surface area contributed by atoms with E-state index in [1.807, 2.05) is 85.8 Å². The molecule has 2 heterocycles. The Kier molecular flexibility index (Phi) is 5.93. The molecule has 0 radical (unpaired) electrons. The molecule has 1 aromatic heterocycles. The molecule has 0 bridgehead atoms. The van der Waals surface area contributed by atoms with Gasteiger partial charge >= 0.3 is 0 Å². The van der Waals surface area contributed by atoms with E-state index in [0.717, 1.165) is 43.9 Å². The van der Waals surface area contributed by atoms with Crippen LogP contribution in [0.15, 0.2) is 88.9 Å². The summed E-state index contributed by atoms with van der Waals surface area (Å²) in [7, 11) is 0. The number of halogens is 1. The lowest BCUT2D eigenvalue weighted by molar-refractivity contribution is 0.228. The van der Waals surface area contributed by atoms with E-state index in [4.69, 9.17) is 20.3 Å². The van der Waals surface area contributed by atoms with Crippen molar-refractivity contribution in [1.82, 2.24) is 9.78 Å². The van der Waals surface area contributed by atoms with Crippen LogP contribution in [0.1, 0.15) is 22.4 Å². The third kappa shape index (κ3) is 4.10. The molecule has 0 unspecified atom stereocenters. The second-order valence-corrected chi connectivity index (χ2v) is 8.81. The van der Waals surface area contributed by atoms with Gasteiger partial charge in [0.05, 0.1) is 22.5 Å². The number of hydrogen-bond donors (Lipinski definition) is 1. The van der Waals surface area contributed by atoms with E-state index >= 15 is 0 Å². The Morgan fingerprint density at radius 1 is 1.06 bits per heavy atom. The minimum Gasteiger partial charge on any atom is -0.489 e. The summed E-state index contributed by atoms with van der Waals surface area (Å²) in [5.74, 6) is 1.26. The van der Waals surface area contributed by atoms with Gasteiger partial charge < -0.3 is 9.47 Å². The number of nitrogens with zero attached hydrogens (tertiary/aromatic N) is 3. The van der Waals surface area contributed by atoms with Gasteiger partial charge in [-0.3, -0.25) is 5.73 Å². The van der Waals surface area contributed by atoms with E-state index in [2.05, 4.69) is 22.0 Å². The third-order valence-electron chi connectivity index (χ3n) is 5.64. The van der Waals surface area contributed by atoms with Crippen LogP contribution < -0.4 is 15.2 Å². The summed E-state index contributed by atoms with van der Waals surface area (Å²) in [5, 5.41) is 14.6. The maximum Gasteiger partial charge on any atom is 0.226 e. The third-order valence-corrected chi connectivity index (χ3v) is 6.17. The van der Waals surface area contributed by atoms with Crippen LogP contribution >= 0.6 is 15.9 Å². The number of rotatable bonds is 5. The van der Waals surface area contributed by atoms with Gasteiger partial charge in [-0.2, -0.15) is 10.4 Å². The number of nitriles is 1. The van der Waals surface area contributed by atoms with Gasteiger partial charge in [0.2, 0.25) is 5.88 Å². The first-order chi connectivity index (χ1) is 16.5. The Labute approximate surface area is 206 Å². The second kappa shape index (κ2) is 9.18. The fourth-order valence-corrected chi connectivity index (χ4v) is 4.26. The molecule has 1 aliphatic heterocycles. The van der Waals surface area contributed by atoms with E-state index < -0.39 is 6.23 Å². The molecule has 34 heavy (non-hydrogen) atoms. The zero-order valence-electron chi connectivity index (χ0n) is 18.4. The normalized spacial score (nSPS) is 14.8. The van der Waals surface area contributed by atoms with Gasteiger partial charge in [0.25, 0.3) is 0 Å². The predicted octanol–water partition coefficient (Wildman–Crippen LogP) is 5.52. The molecule has 3 aromatic carbocycles. The van der Waals surface area contributed by atoms with Crippen LogP contribution in [0.5, 0.6) is 11.6 Å². The highest BCUT2D eigenvalue weighted by Gasteiger charge is 2.33. The number of aromatic nitrogens is 2. The van der Waals surface area contributed by atoms with Gasteiger partial charge in [-0.05, 0) is 54.4 Å². The van der Waals surface area contributed by atoms with Crippen LogP contribution in [0.2, 0.25) is 0 Å². The maximum atomic E-state index is 9.90. The summed E-state index contributed by atoms with van der Waals surface area (Å²) >= 11 is 3.46. The van der Waals surface area contributed by atoms with E-state index in [1.165, 1.54) is 0 Å². The predicted molar refractivity (Wildman–Crippen MR) is 133 cm³/mol. The van der Waals surface area contributed by atoms with Gasteiger partial charge in [-0.15, -0.1) is 0 Å². The average Bonchev–Trinajstić information content (AvgIpc) is 3.19. The lowest BCUT2D eigenvalue weighted by Gasteiger charge is -2.25. The molecule has 4 aromatic rings. The molecule has 6 nitrogen and oxygen atoms in total. The van der Waals surface area contributed by atoms with Crippen molar-refractivity contribution >= 4 is 21.5 Å². The molecule has 0 aliphatic carbocycles. The Balaban J connectivity index is 1.52. The molecule has 0 amide bonds. The van der Waals surface area contributed by atoms with Crippen molar-refractivity contribution in [3.8, 4) is 23.4 Å². The highest BCUT2D eigenvalue weighted by molar-refractivity contribution is 9.10. The molecule has 7 heteroatoms. The van der Waals surface area contributed by atoms with Crippen LogP contribution in [-0.4, -0.2) is 16.0 Å². The number of fused-ring (bicyclic) bond motifs is 1. The Morgan fingerprint density at radius 3 is 2.44 bits per heavy atom. The first-order valence-electron chi connectivity index (χ1n) is 10.7. The Bertz CT molecular complexity index is 1400. The SMILES string of the molecule is Cc1nn(-c2ccc(Br)cc2)c2c1C(c1ccc(OCc3ccccc3)cc1)=C(C#N)[C@H](N)O2. The van der Waals surface area contributed by atoms with Crippen molar-refractivity contribution in [2.75, 3.05) is 0 Å². The molecule has 0 saturated carbocycles. The summed E-state index contributed by atoms with van der Waals surface area (Å²) in [4.78, 5) is 0. The topological polar surface area (TPSA) is 86.1 Å². The van der Waals surface area contributed by atoms with Gasteiger partial charge in [-0.25, -0.2) is 4.68 Å². The minimum atomic E-state index is -0.896. The molecule has 1 atom stereocenters. The summed E-state index contributed by atoms with van der Waals surface area (Å²) in [6.45, 7) is 2.38. The standard InChI is InChI=1S/C27H21BrN4O2/c1-17-24-25(19-7-13-22(14-8-19)33-16-18-5-3-2-4-6-18)23(15-29)26(30)34-27(24)32(31-17)21-11-9-20(28)10-12-21/h2-14,26H,16,30H2,1H3/t26-/m1/s1. The van der Waals surface area contributed by atoms with E-state index in [1.54, 1.807) is 4.68 Å². The van der Waals surface area contributed by atoms with Gasteiger partial charge in [0.15, 0.2) is 6.23 Å². The van der Waals surface area contributed by atoms with Crippen molar-refractivity contribution in [2.45, 2.75) is 19.8 Å². The van der Waals surface area contributed by atoms with Crippen molar-refractivity contribution in [3.63, 3.8) is 0 Å². The van der Waals surface area contributed by atoms with E-state index in [-0.39, 0.29) is 0 Å². The van der Waals surface area contributed by atoms with Crippen molar-refractivity contribution in [2.24, 2.45) is 5.73 Å². The maximum absolute atomic E-state index is 9.90. The van der Waals surface area contributed by atoms with Gasteiger partial charge in [0, 0.05) is 10.0 Å². The fraction of sp³-hybridized carbons (Fsp3) is 0.111. The van der Waals surface area contributed by atoms with Crippen LogP contribution in [0.3, 0.4) is 0 Å². The Hall–Kier alpha value is -3.86. The number of nitrogens with two attached hydrogens (primary N) is 1. The zero-order valence-corrected chi connectivity index (χ0v) is 20.0. The number of ether oxygens (including phenoxy) is 2. The number of hydrogen-bond acceptors (Lipinski definition) is 5. The molecular weight excluding hydrogens is 492 g/mol. The second-order valence-electron chi connectivity index (χ2n) is 7.89. The van der Waals surface area contributed by atoms with E-state index in [9.17, 15) is 5.26 Å². The number of benzene rings is 3. The first kappa shape index (κ1) is 22.0. The van der Waals surface area contributed by atoms with Crippen molar-refractivity contribution < 1.29 is 9.47 Å². The largest absolute Gasteiger partial charge is 0.489 e. The average molecular weight is 513 g/mol. The summed E-state index contributed by atoms with van der Waals surface area (Å²) < 4.78 is 14.6. The molecule has 0 fully saturated rings. The molecule has 2 N–H and O–H groups in total. The monoisotopic (exact) mass is 512 g/mol. The molecule has 0 saturated heterocycles. The molecule has 5 rings (SSSR count). The lowest BCUT2D eigenvalue weighted by atomic mass is 9.91. The highest BCUT2D eigenvalue weighted by atomic mass is 79.9. The molecular formula is C27H21BrN4O2. The van der Waals surface area contributed by atoms with Crippen LogP contribution in [-0.2, 0) is 6.61 Å². The Morgan fingerprint density at radius 2 is 1.76 bits per heavy atom. The summed E-state index contributed by atoms with van der Waals surface area (Å²) in [5.41, 5.74) is 11.7. The smallest absolute Gasteiger partial charge is 0.226 e. The quantitative estimate of drug-likeness (QED) is 0.380. The van der Waals surface area contributed by atoms with Crippen LogP contribution in [0.25, 0.3) is 11.3 Å². The van der Waals surface area contributed by atoms with Crippen molar-refractivity contribution in [1.29, 1.82) is 5.26 Å². The first-order valence-corrected chi connectivity index (χ1v) is 11.5. The highest BCUT2D eigenvalue weighted by Crippen LogP contribution is 2.42. The summed E-state index contributed by atoms with van der Waals surface area (Å²) in [6.07, 6.45) is -0.896. The van der Waals surface area contributed by atoms with Gasteiger partial charge in [-0.1, -0.05) is 58.4 Å². The molecule has 1 aliphatic rings. The van der Waals surface area contributed by atoms with E-state index in [0.29, 0.717) is 18.1 Å². The summed E-state index contributed by atoms with van der Waals surface area (Å²) in [6, 6.07) is 27.7. The molecule has 0 spiro atoms. The van der Waals surface area contributed by atoms with Crippen LogP contribution in [0.4, 0.5) is 0 Å². The fourth-order valence-electron chi connectivity index (χ4n) is 3.99. The lowest BCUT2D eigenvalue weighted by Crippen LogP contribution is -2.33. The zero-order chi connectivity index (χ0) is 23.7.